The first-order valence-corrected chi connectivity index (χ1v) is 10.3. The van der Waals surface area contributed by atoms with Gasteiger partial charge in [-0.2, -0.15) is 0 Å². The molecular weight excluding hydrogens is 366 g/mol. The number of hydrogen-bond donors (Lipinski definition) is 0. The lowest BCUT2D eigenvalue weighted by atomic mass is 9.91. The molecule has 3 heterocycles. The fourth-order valence-electron chi connectivity index (χ4n) is 4.38. The molecule has 154 valence electrons. The summed E-state index contributed by atoms with van der Waals surface area (Å²) in [4.78, 5) is 20.8. The number of carbonyl (C=O) groups excluding carboxylic acids is 1. The molecule has 0 saturated carbocycles. The smallest absolute Gasteiger partial charge is 0.219 e. The quantitative estimate of drug-likeness (QED) is 0.796. The van der Waals surface area contributed by atoms with Gasteiger partial charge in [0.05, 0.1) is 13.7 Å². The summed E-state index contributed by atoms with van der Waals surface area (Å²) in [7, 11) is 1.66. The van der Waals surface area contributed by atoms with Gasteiger partial charge in [-0.15, -0.1) is 0 Å². The molecule has 1 saturated heterocycles. The molecule has 0 radical (unpaired) electrons. The number of benzene rings is 1. The average Bonchev–Trinajstić information content (AvgIpc) is 2.94. The summed E-state index contributed by atoms with van der Waals surface area (Å²) in [5, 5.41) is 0. The molecule has 2 aliphatic heterocycles. The Morgan fingerprint density at radius 2 is 2.07 bits per heavy atom. The summed E-state index contributed by atoms with van der Waals surface area (Å²) in [5.74, 6) is 2.13. The van der Waals surface area contributed by atoms with Gasteiger partial charge in [-0.25, -0.2) is 0 Å². The molecule has 0 N–H and O–H groups in total. The first-order valence-electron chi connectivity index (χ1n) is 10.3. The van der Waals surface area contributed by atoms with Crippen molar-refractivity contribution in [2.45, 2.75) is 39.0 Å². The number of rotatable bonds is 4. The second-order valence-corrected chi connectivity index (χ2v) is 8.02. The zero-order valence-electron chi connectivity index (χ0n) is 17.2. The number of likely N-dealkylation sites (tertiary alicyclic amines) is 1. The second-order valence-electron chi connectivity index (χ2n) is 8.02. The van der Waals surface area contributed by atoms with Gasteiger partial charge in [0, 0.05) is 50.4 Å². The Balaban J connectivity index is 1.51. The van der Waals surface area contributed by atoms with Crippen LogP contribution in [0.2, 0.25) is 0 Å². The summed E-state index contributed by atoms with van der Waals surface area (Å²) >= 11 is 0. The van der Waals surface area contributed by atoms with Crippen LogP contribution in [0.5, 0.6) is 11.5 Å². The number of aromatic nitrogens is 1. The molecular formula is C23H29N3O3. The van der Waals surface area contributed by atoms with Crippen LogP contribution in [0.3, 0.4) is 0 Å². The Morgan fingerprint density at radius 1 is 1.24 bits per heavy atom. The van der Waals surface area contributed by atoms with Crippen LogP contribution in [-0.2, 0) is 17.9 Å². The van der Waals surface area contributed by atoms with E-state index in [2.05, 4.69) is 22.0 Å². The molecule has 6 heteroatoms. The number of carbonyl (C=O) groups is 1. The lowest BCUT2D eigenvalue weighted by Gasteiger charge is -2.37. The fourth-order valence-corrected chi connectivity index (χ4v) is 4.38. The van der Waals surface area contributed by atoms with E-state index in [4.69, 9.17) is 9.47 Å². The lowest BCUT2D eigenvalue weighted by Crippen LogP contribution is -2.46. The number of nitrogens with zero attached hydrogens (tertiary/aromatic N) is 3. The number of hydrogen-bond acceptors (Lipinski definition) is 5. The highest BCUT2D eigenvalue weighted by molar-refractivity contribution is 5.73. The largest absolute Gasteiger partial charge is 0.497 e. The van der Waals surface area contributed by atoms with Crippen molar-refractivity contribution in [2.24, 2.45) is 5.92 Å². The van der Waals surface area contributed by atoms with E-state index < -0.39 is 0 Å². The first-order chi connectivity index (χ1) is 14.1. The van der Waals surface area contributed by atoms with Crippen molar-refractivity contribution in [3.63, 3.8) is 0 Å². The first kappa shape index (κ1) is 19.7. The predicted octanol–water partition coefficient (Wildman–Crippen LogP) is 3.11. The van der Waals surface area contributed by atoms with Gasteiger partial charge in [0.15, 0.2) is 0 Å². The van der Waals surface area contributed by atoms with Gasteiger partial charge >= 0.3 is 0 Å². The highest BCUT2D eigenvalue weighted by Crippen LogP contribution is 2.33. The third-order valence-corrected chi connectivity index (χ3v) is 5.98. The van der Waals surface area contributed by atoms with Crippen LogP contribution < -0.4 is 9.47 Å². The molecule has 2 aromatic rings. The van der Waals surface area contributed by atoms with Crippen LogP contribution in [-0.4, -0.2) is 53.5 Å². The third-order valence-electron chi connectivity index (χ3n) is 5.98. The average molecular weight is 396 g/mol. The monoisotopic (exact) mass is 395 g/mol. The van der Waals surface area contributed by atoms with E-state index in [1.807, 2.05) is 35.5 Å². The van der Waals surface area contributed by atoms with Crippen molar-refractivity contribution in [1.29, 1.82) is 0 Å². The zero-order chi connectivity index (χ0) is 20.2. The van der Waals surface area contributed by atoms with Gasteiger partial charge in [-0.3, -0.25) is 14.7 Å². The van der Waals surface area contributed by atoms with Gasteiger partial charge < -0.3 is 14.4 Å². The van der Waals surface area contributed by atoms with Crippen molar-refractivity contribution < 1.29 is 14.3 Å². The highest BCUT2D eigenvalue weighted by atomic mass is 16.5. The molecule has 2 unspecified atom stereocenters. The summed E-state index contributed by atoms with van der Waals surface area (Å²) in [6.45, 7) is 5.82. The minimum absolute atomic E-state index is 0.00575. The van der Waals surface area contributed by atoms with Crippen molar-refractivity contribution >= 4 is 5.91 Å². The van der Waals surface area contributed by atoms with E-state index in [9.17, 15) is 4.79 Å². The van der Waals surface area contributed by atoms with Crippen LogP contribution in [0.1, 0.15) is 30.9 Å². The summed E-state index contributed by atoms with van der Waals surface area (Å²) in [6.07, 6.45) is 5.95. The maximum absolute atomic E-state index is 12.3. The molecule has 2 atom stereocenters. The van der Waals surface area contributed by atoms with E-state index in [0.717, 1.165) is 49.5 Å². The van der Waals surface area contributed by atoms with Gasteiger partial charge in [0.25, 0.3) is 0 Å². The summed E-state index contributed by atoms with van der Waals surface area (Å²) in [5.41, 5.74) is 2.29. The molecule has 0 bridgehead atoms. The molecule has 29 heavy (non-hydrogen) atoms. The van der Waals surface area contributed by atoms with Crippen LogP contribution in [0, 0.1) is 5.92 Å². The third kappa shape index (κ3) is 4.70. The van der Waals surface area contributed by atoms with Crippen LogP contribution in [0.25, 0.3) is 0 Å². The van der Waals surface area contributed by atoms with Gasteiger partial charge in [-0.05, 0) is 55.3 Å². The van der Waals surface area contributed by atoms with E-state index in [-0.39, 0.29) is 12.0 Å². The molecule has 1 amide bonds. The van der Waals surface area contributed by atoms with Crippen LogP contribution >= 0.6 is 0 Å². The maximum Gasteiger partial charge on any atom is 0.219 e. The Hall–Kier alpha value is -2.60. The molecule has 1 aromatic heterocycles. The van der Waals surface area contributed by atoms with Crippen molar-refractivity contribution in [1.82, 2.24) is 14.8 Å². The molecule has 1 fully saturated rings. The molecule has 0 spiro atoms. The Labute approximate surface area is 172 Å². The minimum Gasteiger partial charge on any atom is -0.497 e. The lowest BCUT2D eigenvalue weighted by molar-refractivity contribution is -0.130. The molecule has 6 nitrogen and oxygen atoms in total. The Morgan fingerprint density at radius 3 is 2.83 bits per heavy atom. The Bertz CT molecular complexity index is 843. The van der Waals surface area contributed by atoms with Gasteiger partial charge in [0.2, 0.25) is 5.91 Å². The van der Waals surface area contributed by atoms with E-state index in [1.165, 1.54) is 5.56 Å². The normalized spacial score (nSPS) is 22.3. The van der Waals surface area contributed by atoms with Crippen LogP contribution in [0.4, 0.5) is 0 Å². The number of amides is 1. The summed E-state index contributed by atoms with van der Waals surface area (Å²) in [6, 6.07) is 10.0. The molecule has 4 rings (SSSR count). The van der Waals surface area contributed by atoms with Gasteiger partial charge in [-0.1, -0.05) is 0 Å². The number of pyridine rings is 1. The van der Waals surface area contributed by atoms with E-state index in [0.29, 0.717) is 19.0 Å². The molecule has 0 aliphatic carbocycles. The topological polar surface area (TPSA) is 54.9 Å². The number of fused-ring (bicyclic) bond motifs is 1. The van der Waals surface area contributed by atoms with Crippen molar-refractivity contribution in [2.75, 3.05) is 26.7 Å². The minimum atomic E-state index is -0.00575. The van der Waals surface area contributed by atoms with E-state index >= 15 is 0 Å². The number of piperidine rings is 1. The molecule has 2 aliphatic rings. The second kappa shape index (κ2) is 8.82. The SMILES string of the molecule is COc1ccc2c(c1)CN(C(C)=O)CC(C1CCCN(Cc3ccncc3)C1)O2. The number of methoxy groups -OCH3 is 1. The highest BCUT2D eigenvalue weighted by Gasteiger charge is 2.33. The Kier molecular flexibility index (Phi) is 6.00. The zero-order valence-corrected chi connectivity index (χ0v) is 17.2. The van der Waals surface area contributed by atoms with Crippen molar-refractivity contribution in [3.05, 3.63) is 53.9 Å². The summed E-state index contributed by atoms with van der Waals surface area (Å²) < 4.78 is 11.8. The molecule has 1 aromatic carbocycles. The standard InChI is InChI=1S/C23H29N3O3/c1-17(27)26-15-20-12-21(28-2)5-6-22(20)29-23(16-26)19-4-3-11-25(14-19)13-18-7-9-24-10-8-18/h5-10,12,19,23H,3-4,11,13-16H2,1-2H3. The fraction of sp³-hybridized carbons (Fsp3) is 0.478. The van der Waals surface area contributed by atoms with Gasteiger partial charge in [0.1, 0.15) is 17.6 Å². The maximum atomic E-state index is 12.3. The number of ether oxygens (including phenoxy) is 2. The predicted molar refractivity (Wildman–Crippen MR) is 111 cm³/mol. The van der Waals surface area contributed by atoms with Crippen LogP contribution in [0.15, 0.2) is 42.7 Å². The van der Waals surface area contributed by atoms with Crippen molar-refractivity contribution in [3.8, 4) is 11.5 Å². The van der Waals surface area contributed by atoms with E-state index in [1.54, 1.807) is 14.0 Å².